The maximum absolute atomic E-state index is 12.8. The fraction of sp³-hybridized carbons (Fsp3) is 0.688. The molecule has 3 saturated carbocycles. The van der Waals surface area contributed by atoms with Crippen molar-refractivity contribution < 1.29 is 9.21 Å². The quantitative estimate of drug-likeness (QED) is 0.698. The van der Waals surface area contributed by atoms with Crippen molar-refractivity contribution in [1.82, 2.24) is 0 Å². The van der Waals surface area contributed by atoms with Gasteiger partial charge < -0.3 is 4.42 Å². The smallest absolute Gasteiger partial charge is 0.147 e. The number of Topliss-reactive ketones (excluding diaryl/α,β-unsaturated/α-hetero) is 1. The maximum atomic E-state index is 12.8. The Labute approximate surface area is 108 Å². The predicted octanol–water partition coefficient (Wildman–Crippen LogP) is 3.56. The highest BCUT2D eigenvalue weighted by molar-refractivity contribution is 5.92. The summed E-state index contributed by atoms with van der Waals surface area (Å²) in [4.78, 5) is 12.8. The van der Waals surface area contributed by atoms with Gasteiger partial charge in [-0.25, -0.2) is 0 Å². The van der Waals surface area contributed by atoms with Gasteiger partial charge in [-0.3, -0.25) is 4.79 Å². The van der Waals surface area contributed by atoms with Crippen LogP contribution < -0.4 is 0 Å². The van der Waals surface area contributed by atoms with Crippen molar-refractivity contribution in [2.45, 2.75) is 46.0 Å². The Morgan fingerprint density at radius 3 is 2.83 bits per heavy atom. The van der Waals surface area contributed by atoms with Gasteiger partial charge in [0.15, 0.2) is 0 Å². The maximum Gasteiger partial charge on any atom is 0.147 e. The SMILES string of the molecule is CC1(C)[C@H]2C[C@@H]1[C@]1(C)CCc3ccoc3[C@@H]1C2=O. The number of carbonyl (C=O) groups excluding carboxylic acids is 1. The van der Waals surface area contributed by atoms with Crippen molar-refractivity contribution >= 4 is 5.78 Å². The van der Waals surface area contributed by atoms with E-state index in [1.165, 1.54) is 5.56 Å². The van der Waals surface area contributed by atoms with E-state index >= 15 is 0 Å². The molecular formula is C16H20O2. The van der Waals surface area contributed by atoms with Crippen LogP contribution in [0.1, 0.15) is 50.9 Å². The molecule has 4 aliphatic rings. The summed E-state index contributed by atoms with van der Waals surface area (Å²) in [6.45, 7) is 6.88. The minimum absolute atomic E-state index is 0.0352. The van der Waals surface area contributed by atoms with Crippen molar-refractivity contribution in [3.8, 4) is 0 Å². The van der Waals surface area contributed by atoms with Crippen molar-refractivity contribution in [1.29, 1.82) is 0 Å². The van der Waals surface area contributed by atoms with Gasteiger partial charge in [0.2, 0.25) is 0 Å². The molecule has 2 nitrogen and oxygen atoms in total. The summed E-state index contributed by atoms with van der Waals surface area (Å²) in [5.74, 6) is 2.40. The normalized spacial score (nSPS) is 43.9. The Morgan fingerprint density at radius 2 is 2.11 bits per heavy atom. The third kappa shape index (κ3) is 0.964. The van der Waals surface area contributed by atoms with Crippen LogP contribution in [0.25, 0.3) is 0 Å². The Balaban J connectivity index is 1.89. The van der Waals surface area contributed by atoms with Gasteiger partial charge in [0.1, 0.15) is 11.5 Å². The number of fused-ring (bicyclic) bond motifs is 1. The Hall–Kier alpha value is -1.05. The molecule has 3 fully saturated rings. The highest BCUT2D eigenvalue weighted by Gasteiger charge is 2.68. The zero-order valence-electron chi connectivity index (χ0n) is 11.3. The number of hydrogen-bond donors (Lipinski definition) is 0. The summed E-state index contributed by atoms with van der Waals surface area (Å²) in [6.07, 6.45) is 5.07. The van der Waals surface area contributed by atoms with Crippen molar-refractivity contribution in [3.63, 3.8) is 0 Å². The van der Waals surface area contributed by atoms with Gasteiger partial charge in [-0.15, -0.1) is 0 Å². The molecule has 0 unspecified atom stereocenters. The first-order valence-electron chi connectivity index (χ1n) is 7.06. The summed E-state index contributed by atoms with van der Waals surface area (Å²) in [7, 11) is 0. The highest BCUT2D eigenvalue weighted by Crippen LogP contribution is 2.70. The zero-order chi connectivity index (χ0) is 12.7. The van der Waals surface area contributed by atoms with Gasteiger partial charge in [0.05, 0.1) is 12.2 Å². The van der Waals surface area contributed by atoms with Crippen LogP contribution in [0.5, 0.6) is 0 Å². The van der Waals surface area contributed by atoms with Crippen LogP contribution in [0.15, 0.2) is 16.7 Å². The third-order valence-corrected chi connectivity index (χ3v) is 6.33. The van der Waals surface area contributed by atoms with Gasteiger partial charge in [0, 0.05) is 5.92 Å². The molecule has 0 saturated heterocycles. The van der Waals surface area contributed by atoms with Crippen LogP contribution >= 0.6 is 0 Å². The number of hydrogen-bond acceptors (Lipinski definition) is 2. The molecule has 5 rings (SSSR count). The van der Waals surface area contributed by atoms with E-state index in [1.54, 1.807) is 6.26 Å². The fourth-order valence-corrected chi connectivity index (χ4v) is 5.21. The second-order valence-electron chi connectivity index (χ2n) is 7.31. The molecule has 0 spiro atoms. The molecule has 18 heavy (non-hydrogen) atoms. The number of ketones is 1. The highest BCUT2D eigenvalue weighted by atomic mass is 16.3. The minimum atomic E-state index is 0.0352. The van der Waals surface area contributed by atoms with Gasteiger partial charge in [-0.05, 0) is 47.6 Å². The first-order valence-corrected chi connectivity index (χ1v) is 7.06. The van der Waals surface area contributed by atoms with Gasteiger partial charge >= 0.3 is 0 Å². The monoisotopic (exact) mass is 244 g/mol. The summed E-state index contributed by atoms with van der Waals surface area (Å²) >= 11 is 0. The van der Waals surface area contributed by atoms with Gasteiger partial charge in [-0.1, -0.05) is 20.8 Å². The number of furan rings is 1. The van der Waals surface area contributed by atoms with Crippen molar-refractivity contribution in [3.05, 3.63) is 23.7 Å². The summed E-state index contributed by atoms with van der Waals surface area (Å²) in [5.41, 5.74) is 1.59. The zero-order valence-corrected chi connectivity index (χ0v) is 11.3. The predicted molar refractivity (Wildman–Crippen MR) is 68.3 cm³/mol. The van der Waals surface area contributed by atoms with E-state index < -0.39 is 0 Å². The Kier molecular flexibility index (Phi) is 1.76. The van der Waals surface area contributed by atoms with Crippen molar-refractivity contribution in [2.24, 2.45) is 22.7 Å². The lowest BCUT2D eigenvalue weighted by molar-refractivity contribution is -0.184. The molecule has 2 heteroatoms. The first kappa shape index (κ1) is 10.8. The fourth-order valence-electron chi connectivity index (χ4n) is 5.21. The average molecular weight is 244 g/mol. The summed E-state index contributed by atoms with van der Waals surface area (Å²) < 4.78 is 5.68. The van der Waals surface area contributed by atoms with E-state index in [0.29, 0.717) is 11.7 Å². The molecule has 4 aliphatic carbocycles. The lowest BCUT2D eigenvalue weighted by atomic mass is 9.36. The van der Waals surface area contributed by atoms with E-state index in [2.05, 4.69) is 20.8 Å². The molecule has 96 valence electrons. The Morgan fingerprint density at radius 1 is 1.33 bits per heavy atom. The number of rotatable bonds is 0. The molecule has 1 aromatic rings. The van der Waals surface area contributed by atoms with Crippen LogP contribution in [0, 0.1) is 22.7 Å². The molecule has 2 bridgehead atoms. The lowest BCUT2D eigenvalue weighted by Gasteiger charge is -2.66. The van der Waals surface area contributed by atoms with Crippen LogP contribution in [0.3, 0.4) is 0 Å². The molecule has 0 amide bonds. The largest absolute Gasteiger partial charge is 0.468 e. The number of carbonyl (C=O) groups is 1. The van der Waals surface area contributed by atoms with E-state index in [1.807, 2.05) is 6.07 Å². The second kappa shape index (κ2) is 2.92. The van der Waals surface area contributed by atoms with Crippen molar-refractivity contribution in [2.75, 3.05) is 0 Å². The van der Waals surface area contributed by atoms with Crippen LogP contribution in [-0.4, -0.2) is 5.78 Å². The molecule has 1 aromatic heterocycles. The standard InChI is InChI=1S/C16H20O2/c1-15(2)10-8-11(15)16(3)6-4-9-5-7-18-14(9)12(16)13(10)17/h5,7,10-12H,4,6,8H2,1-3H3/t10-,11-,12-,16-/m0/s1. The van der Waals surface area contributed by atoms with E-state index in [-0.39, 0.29) is 22.7 Å². The van der Waals surface area contributed by atoms with E-state index in [0.717, 1.165) is 25.0 Å². The molecule has 0 aliphatic heterocycles. The van der Waals surface area contributed by atoms with Crippen LogP contribution in [0.2, 0.25) is 0 Å². The van der Waals surface area contributed by atoms with E-state index in [4.69, 9.17) is 4.42 Å². The lowest BCUT2D eigenvalue weighted by Crippen LogP contribution is -2.65. The van der Waals surface area contributed by atoms with E-state index in [9.17, 15) is 4.79 Å². The summed E-state index contributed by atoms with van der Waals surface area (Å²) in [6, 6.07) is 2.05. The third-order valence-electron chi connectivity index (χ3n) is 6.33. The molecule has 0 aromatic carbocycles. The average Bonchev–Trinajstić information content (AvgIpc) is 2.74. The van der Waals surface area contributed by atoms with Crippen LogP contribution in [0.4, 0.5) is 0 Å². The molecule has 0 N–H and O–H groups in total. The summed E-state index contributed by atoms with van der Waals surface area (Å²) in [5, 5.41) is 0. The molecule has 4 atom stereocenters. The minimum Gasteiger partial charge on any atom is -0.468 e. The first-order chi connectivity index (χ1) is 8.46. The van der Waals surface area contributed by atoms with Crippen LogP contribution in [-0.2, 0) is 11.2 Å². The molecular weight excluding hydrogens is 224 g/mol. The topological polar surface area (TPSA) is 30.2 Å². The molecule has 0 radical (unpaired) electrons. The van der Waals surface area contributed by atoms with Gasteiger partial charge in [-0.2, -0.15) is 0 Å². The Bertz CT molecular complexity index is 539. The van der Waals surface area contributed by atoms with Gasteiger partial charge in [0.25, 0.3) is 0 Å². The second-order valence-corrected chi connectivity index (χ2v) is 7.31. The number of aryl methyl sites for hydroxylation is 1. The molecule has 1 heterocycles.